The van der Waals surface area contributed by atoms with Crippen LogP contribution < -0.4 is 0 Å². The summed E-state index contributed by atoms with van der Waals surface area (Å²) in [5, 5.41) is 2.72. The average molecular weight is 345 g/mol. The molecule has 0 aliphatic rings. The number of benzene rings is 2. The third kappa shape index (κ3) is 3.29. The van der Waals surface area contributed by atoms with Gasteiger partial charge in [0, 0.05) is 35.5 Å². The topological polar surface area (TPSA) is 9.86 Å². The highest BCUT2D eigenvalue weighted by Crippen LogP contribution is 2.21. The van der Waals surface area contributed by atoms with E-state index in [2.05, 4.69) is 83.6 Å². The number of nitrogens with zero attached hydrogens (tertiary/aromatic N) is 2. The number of aryl methyl sites for hydroxylation is 4. The summed E-state index contributed by atoms with van der Waals surface area (Å²) in [6.07, 6.45) is 5.10. The van der Waals surface area contributed by atoms with Crippen molar-refractivity contribution < 1.29 is 0 Å². The summed E-state index contributed by atoms with van der Waals surface area (Å²) in [4.78, 5) is 0. The highest BCUT2D eigenvalue weighted by molar-refractivity contribution is 5.81. The second kappa shape index (κ2) is 7.41. The molecule has 0 aliphatic heterocycles. The van der Waals surface area contributed by atoms with Crippen molar-refractivity contribution in [3.05, 3.63) is 72.1 Å². The number of aromatic nitrogens is 2. The van der Waals surface area contributed by atoms with E-state index in [0.29, 0.717) is 0 Å². The molecule has 0 unspecified atom stereocenters. The number of para-hydroxylation sites is 2. The van der Waals surface area contributed by atoms with Crippen LogP contribution in [0, 0.1) is 13.8 Å². The maximum Gasteiger partial charge on any atom is 0.0482 e. The van der Waals surface area contributed by atoms with Gasteiger partial charge in [-0.3, -0.25) is 0 Å². The zero-order valence-electron chi connectivity index (χ0n) is 15.9. The van der Waals surface area contributed by atoms with Crippen LogP contribution in [0.3, 0.4) is 0 Å². The minimum absolute atomic E-state index is 1.13. The summed E-state index contributed by atoms with van der Waals surface area (Å²) in [5.74, 6) is 0. The molecule has 0 radical (unpaired) electrons. The van der Waals surface area contributed by atoms with Crippen LogP contribution in [0.2, 0.25) is 0 Å². The van der Waals surface area contributed by atoms with Crippen LogP contribution in [0.5, 0.6) is 0 Å². The molecule has 0 saturated carbocycles. The first kappa shape index (κ1) is 17.0. The highest BCUT2D eigenvalue weighted by Gasteiger charge is 2.06. The maximum atomic E-state index is 2.47. The van der Waals surface area contributed by atoms with E-state index in [1.54, 1.807) is 0 Å². The Bertz CT molecular complexity index is 935. The lowest BCUT2D eigenvalue weighted by molar-refractivity contribution is 0.544. The molecule has 4 rings (SSSR count). The molecule has 4 aromatic rings. The monoisotopic (exact) mass is 344 g/mol. The quantitative estimate of drug-likeness (QED) is 0.340. The Labute approximate surface area is 156 Å². The zero-order chi connectivity index (χ0) is 17.9. The molecule has 0 amide bonds. The van der Waals surface area contributed by atoms with Crippen LogP contribution >= 0.6 is 0 Å². The van der Waals surface area contributed by atoms with Gasteiger partial charge in [-0.1, -0.05) is 49.2 Å². The molecule has 0 N–H and O–H groups in total. The Morgan fingerprint density at radius 3 is 1.46 bits per heavy atom. The molecule has 0 aliphatic carbocycles. The molecule has 0 spiro atoms. The van der Waals surface area contributed by atoms with Gasteiger partial charge in [0.15, 0.2) is 0 Å². The second-order valence-corrected chi connectivity index (χ2v) is 7.41. The Morgan fingerprint density at radius 1 is 0.577 bits per heavy atom. The highest BCUT2D eigenvalue weighted by atomic mass is 15.0. The van der Waals surface area contributed by atoms with Crippen LogP contribution in [0.4, 0.5) is 0 Å². The van der Waals surface area contributed by atoms with Gasteiger partial charge in [-0.2, -0.15) is 0 Å². The zero-order valence-corrected chi connectivity index (χ0v) is 15.9. The molecule has 2 heteroatoms. The molecule has 2 aromatic carbocycles. The maximum absolute atomic E-state index is 2.47. The fourth-order valence-corrected chi connectivity index (χ4v) is 4.18. The van der Waals surface area contributed by atoms with E-state index in [0.717, 1.165) is 13.1 Å². The summed E-state index contributed by atoms with van der Waals surface area (Å²) in [6, 6.07) is 22.0. The molecular formula is C24H28N2. The van der Waals surface area contributed by atoms with Crippen LogP contribution in [0.1, 0.15) is 37.1 Å². The summed E-state index contributed by atoms with van der Waals surface area (Å²) in [6.45, 7) is 6.70. The number of rotatable bonds is 7. The van der Waals surface area contributed by atoms with Crippen molar-refractivity contribution in [1.82, 2.24) is 9.13 Å². The van der Waals surface area contributed by atoms with Crippen molar-refractivity contribution in [2.45, 2.75) is 52.6 Å². The van der Waals surface area contributed by atoms with Gasteiger partial charge in [-0.25, -0.2) is 0 Å². The van der Waals surface area contributed by atoms with Gasteiger partial charge in [-0.05, 0) is 61.7 Å². The summed E-state index contributed by atoms with van der Waals surface area (Å²) < 4.78 is 4.94. The molecule has 2 aromatic heterocycles. The number of fused-ring (bicyclic) bond motifs is 2. The van der Waals surface area contributed by atoms with Crippen LogP contribution in [-0.2, 0) is 13.1 Å². The van der Waals surface area contributed by atoms with Gasteiger partial charge >= 0.3 is 0 Å². The van der Waals surface area contributed by atoms with Crippen molar-refractivity contribution >= 4 is 21.8 Å². The van der Waals surface area contributed by atoms with E-state index in [1.165, 1.54) is 58.9 Å². The van der Waals surface area contributed by atoms with E-state index in [-0.39, 0.29) is 0 Å². The van der Waals surface area contributed by atoms with E-state index < -0.39 is 0 Å². The molecule has 0 saturated heterocycles. The minimum atomic E-state index is 1.13. The standard InChI is InChI=1S/C24H28N2/c1-19-17-21-11-5-7-13-23(21)25(19)15-9-3-4-10-16-26-20(2)18-22-12-6-8-14-24(22)26/h5-8,11-14,17-18H,3-4,9-10,15-16H2,1-2H3. The number of hydrogen-bond donors (Lipinski definition) is 0. The molecule has 0 fully saturated rings. The third-order valence-electron chi connectivity index (χ3n) is 5.55. The first-order valence-electron chi connectivity index (χ1n) is 9.84. The van der Waals surface area contributed by atoms with Crippen molar-refractivity contribution in [1.29, 1.82) is 0 Å². The Hall–Kier alpha value is -2.48. The van der Waals surface area contributed by atoms with Crippen molar-refractivity contribution in [2.75, 3.05) is 0 Å². The van der Waals surface area contributed by atoms with Gasteiger partial charge in [-0.15, -0.1) is 0 Å². The molecule has 0 atom stereocenters. The first-order chi connectivity index (χ1) is 12.7. The largest absolute Gasteiger partial charge is 0.345 e. The lowest BCUT2D eigenvalue weighted by Crippen LogP contribution is -2.01. The second-order valence-electron chi connectivity index (χ2n) is 7.41. The number of hydrogen-bond acceptors (Lipinski definition) is 0. The van der Waals surface area contributed by atoms with Gasteiger partial charge in [0.1, 0.15) is 0 Å². The number of unbranched alkanes of at least 4 members (excludes halogenated alkanes) is 3. The van der Waals surface area contributed by atoms with Gasteiger partial charge in [0.25, 0.3) is 0 Å². The van der Waals surface area contributed by atoms with Gasteiger partial charge in [0.2, 0.25) is 0 Å². The van der Waals surface area contributed by atoms with E-state index in [4.69, 9.17) is 0 Å². The Balaban J connectivity index is 1.29. The summed E-state index contributed by atoms with van der Waals surface area (Å²) >= 11 is 0. The van der Waals surface area contributed by atoms with Gasteiger partial charge < -0.3 is 9.13 Å². The SMILES string of the molecule is Cc1cc2ccccc2n1CCCCCCn1c(C)cc2ccccc21. The molecule has 2 heterocycles. The predicted octanol–water partition coefficient (Wildman–Crippen LogP) is 6.47. The average Bonchev–Trinajstić information content (AvgIpc) is 3.14. The van der Waals surface area contributed by atoms with E-state index in [1.807, 2.05) is 0 Å². The predicted molar refractivity (Wildman–Crippen MR) is 112 cm³/mol. The normalized spacial score (nSPS) is 11.6. The van der Waals surface area contributed by atoms with Crippen molar-refractivity contribution in [2.24, 2.45) is 0 Å². The Kier molecular flexibility index (Phi) is 4.83. The molecular weight excluding hydrogens is 316 g/mol. The van der Waals surface area contributed by atoms with Crippen LogP contribution in [-0.4, -0.2) is 9.13 Å². The molecule has 0 bridgehead atoms. The lowest BCUT2D eigenvalue weighted by atomic mass is 10.2. The third-order valence-corrected chi connectivity index (χ3v) is 5.55. The lowest BCUT2D eigenvalue weighted by Gasteiger charge is -2.10. The molecule has 134 valence electrons. The van der Waals surface area contributed by atoms with Crippen LogP contribution in [0.25, 0.3) is 21.8 Å². The Morgan fingerprint density at radius 2 is 1.00 bits per heavy atom. The molecule has 26 heavy (non-hydrogen) atoms. The van der Waals surface area contributed by atoms with Crippen molar-refractivity contribution in [3.63, 3.8) is 0 Å². The van der Waals surface area contributed by atoms with Crippen LogP contribution in [0.15, 0.2) is 60.7 Å². The van der Waals surface area contributed by atoms with E-state index >= 15 is 0 Å². The first-order valence-corrected chi connectivity index (χ1v) is 9.84. The van der Waals surface area contributed by atoms with Crippen molar-refractivity contribution in [3.8, 4) is 0 Å². The fourth-order valence-electron chi connectivity index (χ4n) is 4.18. The molecule has 2 nitrogen and oxygen atoms in total. The van der Waals surface area contributed by atoms with Gasteiger partial charge in [0.05, 0.1) is 0 Å². The smallest absolute Gasteiger partial charge is 0.0482 e. The van der Waals surface area contributed by atoms with E-state index in [9.17, 15) is 0 Å². The summed E-state index contributed by atoms with van der Waals surface area (Å²) in [7, 11) is 0. The minimum Gasteiger partial charge on any atom is -0.345 e. The fraction of sp³-hybridized carbons (Fsp3) is 0.333. The summed E-state index contributed by atoms with van der Waals surface area (Å²) in [5.41, 5.74) is 5.50.